The van der Waals surface area contributed by atoms with Gasteiger partial charge in [-0.25, -0.2) is 0 Å². The van der Waals surface area contributed by atoms with Crippen molar-refractivity contribution in [3.63, 3.8) is 0 Å². The number of hydrogen-bond donors (Lipinski definition) is 2. The average Bonchev–Trinajstić information content (AvgIpc) is 2.38. The molecule has 0 bridgehead atoms. The Kier molecular flexibility index (Phi) is 7.10. The molecule has 2 N–H and O–H groups in total. The number of amides is 1. The SMILES string of the molecule is C#CCSCCNC(=O)C(C)N1CCNCC1. The number of nitrogens with zero attached hydrogens (tertiary/aromatic N) is 1. The second-order valence-electron chi connectivity index (χ2n) is 4.01. The third-order valence-electron chi connectivity index (χ3n) is 2.81. The van der Waals surface area contributed by atoms with Gasteiger partial charge in [0.15, 0.2) is 0 Å². The minimum Gasteiger partial charge on any atom is -0.354 e. The number of carbonyl (C=O) groups excluding carboxylic acids is 1. The highest BCUT2D eigenvalue weighted by Gasteiger charge is 2.21. The van der Waals surface area contributed by atoms with Gasteiger partial charge in [-0.15, -0.1) is 18.2 Å². The molecule has 1 saturated heterocycles. The molecule has 96 valence electrons. The van der Waals surface area contributed by atoms with E-state index in [2.05, 4.69) is 21.5 Å². The molecule has 1 fully saturated rings. The van der Waals surface area contributed by atoms with E-state index in [1.54, 1.807) is 11.8 Å². The lowest BCUT2D eigenvalue weighted by Crippen LogP contribution is -2.52. The van der Waals surface area contributed by atoms with Gasteiger partial charge in [-0.05, 0) is 6.92 Å². The van der Waals surface area contributed by atoms with E-state index in [1.165, 1.54) is 0 Å². The summed E-state index contributed by atoms with van der Waals surface area (Å²) in [5.74, 6) is 4.27. The van der Waals surface area contributed by atoms with Gasteiger partial charge >= 0.3 is 0 Å². The topological polar surface area (TPSA) is 44.4 Å². The predicted molar refractivity (Wildman–Crippen MR) is 73.1 cm³/mol. The van der Waals surface area contributed by atoms with E-state index >= 15 is 0 Å². The molecule has 0 aromatic carbocycles. The van der Waals surface area contributed by atoms with Crippen LogP contribution in [0, 0.1) is 12.3 Å². The molecule has 1 heterocycles. The second kappa shape index (κ2) is 8.40. The smallest absolute Gasteiger partial charge is 0.237 e. The van der Waals surface area contributed by atoms with E-state index in [0.717, 1.165) is 31.9 Å². The molecule has 1 aliphatic heterocycles. The van der Waals surface area contributed by atoms with Gasteiger partial charge in [0, 0.05) is 38.5 Å². The Morgan fingerprint density at radius 2 is 2.29 bits per heavy atom. The second-order valence-corrected chi connectivity index (χ2v) is 5.11. The summed E-state index contributed by atoms with van der Waals surface area (Å²) >= 11 is 1.67. The van der Waals surface area contributed by atoms with Crippen LogP contribution in [0.2, 0.25) is 0 Å². The summed E-state index contributed by atoms with van der Waals surface area (Å²) in [6.45, 7) is 6.49. The first kappa shape index (κ1) is 14.4. The summed E-state index contributed by atoms with van der Waals surface area (Å²) in [5, 5.41) is 6.23. The molecule has 0 spiro atoms. The first-order chi connectivity index (χ1) is 8.25. The summed E-state index contributed by atoms with van der Waals surface area (Å²) < 4.78 is 0. The zero-order valence-electron chi connectivity index (χ0n) is 10.4. The Hall–Kier alpha value is -0.700. The van der Waals surface area contributed by atoms with Crippen LogP contribution in [-0.4, -0.2) is 61.1 Å². The minimum atomic E-state index is -0.0327. The monoisotopic (exact) mass is 255 g/mol. The normalized spacial score (nSPS) is 18.4. The molecular formula is C12H21N3OS. The van der Waals surface area contributed by atoms with Crippen molar-refractivity contribution in [2.45, 2.75) is 13.0 Å². The van der Waals surface area contributed by atoms with Crippen LogP contribution in [0.15, 0.2) is 0 Å². The van der Waals surface area contributed by atoms with Crippen LogP contribution in [0.4, 0.5) is 0 Å². The zero-order chi connectivity index (χ0) is 12.5. The third-order valence-corrected chi connectivity index (χ3v) is 3.67. The lowest BCUT2D eigenvalue weighted by atomic mass is 10.2. The molecule has 0 aliphatic carbocycles. The summed E-state index contributed by atoms with van der Waals surface area (Å²) in [7, 11) is 0. The summed E-state index contributed by atoms with van der Waals surface area (Å²) in [6.07, 6.45) is 5.15. The van der Waals surface area contributed by atoms with Gasteiger partial charge in [0.05, 0.1) is 11.8 Å². The van der Waals surface area contributed by atoms with Crippen LogP contribution in [0.5, 0.6) is 0 Å². The fourth-order valence-corrected chi connectivity index (χ4v) is 2.27. The lowest BCUT2D eigenvalue weighted by molar-refractivity contribution is -0.125. The van der Waals surface area contributed by atoms with Crippen LogP contribution in [-0.2, 0) is 4.79 Å². The molecule has 17 heavy (non-hydrogen) atoms. The zero-order valence-corrected chi connectivity index (χ0v) is 11.2. The van der Waals surface area contributed by atoms with Crippen molar-refractivity contribution in [2.75, 3.05) is 44.2 Å². The lowest BCUT2D eigenvalue weighted by Gasteiger charge is -2.31. The van der Waals surface area contributed by atoms with Gasteiger partial charge in [0.25, 0.3) is 0 Å². The number of terminal acetylenes is 1. The first-order valence-electron chi connectivity index (χ1n) is 5.99. The standard InChI is InChI=1S/C12H21N3OS/c1-3-9-17-10-6-14-12(16)11(2)15-7-4-13-5-8-15/h1,11,13H,4-10H2,2H3,(H,14,16). The number of thioether (sulfide) groups is 1. The Morgan fingerprint density at radius 1 is 1.59 bits per heavy atom. The molecule has 5 heteroatoms. The van der Waals surface area contributed by atoms with E-state index in [1.807, 2.05) is 6.92 Å². The Labute approximate surface area is 108 Å². The summed E-state index contributed by atoms with van der Waals surface area (Å²) in [6, 6.07) is -0.0327. The number of carbonyl (C=O) groups is 1. The molecule has 1 aliphatic rings. The molecule has 1 atom stereocenters. The van der Waals surface area contributed by atoms with Crippen molar-refractivity contribution in [1.82, 2.24) is 15.5 Å². The fraction of sp³-hybridized carbons (Fsp3) is 0.750. The molecule has 1 amide bonds. The van der Waals surface area contributed by atoms with E-state index in [0.29, 0.717) is 12.3 Å². The maximum absolute atomic E-state index is 11.9. The van der Waals surface area contributed by atoms with E-state index in [4.69, 9.17) is 6.42 Å². The number of nitrogens with one attached hydrogen (secondary N) is 2. The summed E-state index contributed by atoms with van der Waals surface area (Å²) in [4.78, 5) is 14.1. The highest BCUT2D eigenvalue weighted by Crippen LogP contribution is 2.01. The highest BCUT2D eigenvalue weighted by molar-refractivity contribution is 7.99. The molecule has 1 unspecified atom stereocenters. The summed E-state index contributed by atoms with van der Waals surface area (Å²) in [5.41, 5.74) is 0. The molecule has 1 rings (SSSR count). The van der Waals surface area contributed by atoms with Crippen molar-refractivity contribution < 1.29 is 4.79 Å². The highest BCUT2D eigenvalue weighted by atomic mass is 32.2. The van der Waals surface area contributed by atoms with Gasteiger partial charge in [-0.3, -0.25) is 9.69 Å². The maximum atomic E-state index is 11.9. The molecule has 0 aromatic rings. The van der Waals surface area contributed by atoms with E-state index in [-0.39, 0.29) is 11.9 Å². The quantitative estimate of drug-likeness (QED) is 0.508. The first-order valence-corrected chi connectivity index (χ1v) is 7.15. The molecule has 0 aromatic heterocycles. The van der Waals surface area contributed by atoms with Gasteiger partial charge < -0.3 is 10.6 Å². The maximum Gasteiger partial charge on any atom is 0.237 e. The van der Waals surface area contributed by atoms with Crippen molar-refractivity contribution in [3.05, 3.63) is 0 Å². The van der Waals surface area contributed by atoms with Crippen LogP contribution in [0.25, 0.3) is 0 Å². The van der Waals surface area contributed by atoms with Crippen molar-refractivity contribution in [1.29, 1.82) is 0 Å². The molecule has 4 nitrogen and oxygen atoms in total. The number of rotatable bonds is 6. The molecule has 0 saturated carbocycles. The van der Waals surface area contributed by atoms with Gasteiger partial charge in [-0.2, -0.15) is 0 Å². The van der Waals surface area contributed by atoms with Crippen molar-refractivity contribution in [3.8, 4) is 12.3 Å². The third kappa shape index (κ3) is 5.44. The minimum absolute atomic E-state index is 0.0327. The van der Waals surface area contributed by atoms with Gasteiger partial charge in [0.2, 0.25) is 5.91 Å². The van der Waals surface area contributed by atoms with Crippen LogP contribution in [0.3, 0.4) is 0 Å². The van der Waals surface area contributed by atoms with E-state index < -0.39 is 0 Å². The predicted octanol–water partition coefficient (Wildman–Crippen LogP) is -0.237. The Balaban J connectivity index is 2.15. The van der Waals surface area contributed by atoms with Crippen LogP contribution in [0.1, 0.15) is 6.92 Å². The van der Waals surface area contributed by atoms with Crippen molar-refractivity contribution >= 4 is 17.7 Å². The van der Waals surface area contributed by atoms with Gasteiger partial charge in [-0.1, -0.05) is 5.92 Å². The number of piperazine rings is 1. The van der Waals surface area contributed by atoms with Crippen LogP contribution >= 0.6 is 11.8 Å². The average molecular weight is 255 g/mol. The van der Waals surface area contributed by atoms with Crippen molar-refractivity contribution in [2.24, 2.45) is 0 Å². The van der Waals surface area contributed by atoms with Gasteiger partial charge in [0.1, 0.15) is 0 Å². The fourth-order valence-electron chi connectivity index (χ4n) is 1.76. The molecule has 0 radical (unpaired) electrons. The Bertz CT molecular complexity index is 271. The number of hydrogen-bond acceptors (Lipinski definition) is 4. The molecular weight excluding hydrogens is 234 g/mol. The van der Waals surface area contributed by atoms with Crippen LogP contribution < -0.4 is 10.6 Å². The Morgan fingerprint density at radius 3 is 2.94 bits per heavy atom. The largest absolute Gasteiger partial charge is 0.354 e. The van der Waals surface area contributed by atoms with E-state index in [9.17, 15) is 4.79 Å².